The highest BCUT2D eigenvalue weighted by molar-refractivity contribution is 5.98. The summed E-state index contributed by atoms with van der Waals surface area (Å²) in [7, 11) is 0. The molecule has 3 aromatic carbocycles. The van der Waals surface area contributed by atoms with Gasteiger partial charge in [0.1, 0.15) is 0 Å². The second-order valence-corrected chi connectivity index (χ2v) is 9.00. The highest BCUT2D eigenvalue weighted by Crippen LogP contribution is 2.36. The van der Waals surface area contributed by atoms with Crippen molar-refractivity contribution in [3.8, 4) is 11.1 Å². The lowest BCUT2D eigenvalue weighted by Gasteiger charge is -2.37. The molecule has 33 heavy (non-hydrogen) atoms. The molecule has 0 saturated heterocycles. The van der Waals surface area contributed by atoms with Gasteiger partial charge in [-0.1, -0.05) is 123 Å². The largest absolute Gasteiger partial charge is 0.315 e. The summed E-state index contributed by atoms with van der Waals surface area (Å²) in [6.07, 6.45) is 4.68. The molecular formula is C31H36N2. The van der Waals surface area contributed by atoms with Gasteiger partial charge in [-0.15, -0.1) is 0 Å². The van der Waals surface area contributed by atoms with Crippen LogP contribution in [0.1, 0.15) is 38.3 Å². The van der Waals surface area contributed by atoms with Crippen molar-refractivity contribution in [1.29, 1.82) is 5.41 Å². The lowest BCUT2D eigenvalue weighted by molar-refractivity contribution is 0.336. The predicted molar refractivity (Wildman–Crippen MR) is 143 cm³/mol. The fourth-order valence-electron chi connectivity index (χ4n) is 4.36. The molecule has 0 fully saturated rings. The van der Waals surface area contributed by atoms with E-state index in [1.165, 1.54) is 22.3 Å². The van der Waals surface area contributed by atoms with Crippen LogP contribution in [0.5, 0.6) is 0 Å². The second-order valence-electron chi connectivity index (χ2n) is 9.00. The van der Waals surface area contributed by atoms with E-state index in [1.807, 2.05) is 12.1 Å². The van der Waals surface area contributed by atoms with Gasteiger partial charge in [-0.25, -0.2) is 0 Å². The van der Waals surface area contributed by atoms with Crippen LogP contribution in [0.4, 0.5) is 0 Å². The summed E-state index contributed by atoms with van der Waals surface area (Å²) < 4.78 is 0. The molecule has 170 valence electrons. The predicted octanol–water partition coefficient (Wildman–Crippen LogP) is 7.43. The standard InChI is InChI=1S/C31H36N2/c1-5-12-24(2)25(3)31(4,29-15-10-7-11-16-29)23-33-22-21-30(32)28-19-17-27(18-20-28)26-13-8-6-9-14-26/h5-20,25,32-33H,1,21-23H2,2-4H3/b24-12-,32-30?/t25-,31+/m1/s1. The van der Waals surface area contributed by atoms with E-state index in [-0.39, 0.29) is 5.41 Å². The molecule has 0 aliphatic rings. The molecule has 0 unspecified atom stereocenters. The number of rotatable bonds is 11. The van der Waals surface area contributed by atoms with Gasteiger partial charge in [-0.05, 0) is 35.1 Å². The molecule has 0 bridgehead atoms. The minimum absolute atomic E-state index is 0.0512. The van der Waals surface area contributed by atoms with Crippen LogP contribution in [0.25, 0.3) is 11.1 Å². The third-order valence-corrected chi connectivity index (χ3v) is 6.84. The Labute approximate surface area is 199 Å². The van der Waals surface area contributed by atoms with Gasteiger partial charge >= 0.3 is 0 Å². The van der Waals surface area contributed by atoms with Crippen LogP contribution in [-0.2, 0) is 5.41 Å². The average molecular weight is 437 g/mol. The Hall–Kier alpha value is -3.23. The zero-order valence-electron chi connectivity index (χ0n) is 20.1. The number of hydrogen-bond donors (Lipinski definition) is 2. The molecule has 0 aromatic heterocycles. The van der Waals surface area contributed by atoms with Crippen LogP contribution < -0.4 is 5.32 Å². The molecule has 2 nitrogen and oxygen atoms in total. The summed E-state index contributed by atoms with van der Waals surface area (Å²) in [5.74, 6) is 0.357. The topological polar surface area (TPSA) is 35.9 Å². The van der Waals surface area contributed by atoms with Crippen LogP contribution in [0, 0.1) is 11.3 Å². The van der Waals surface area contributed by atoms with Crippen molar-refractivity contribution in [1.82, 2.24) is 5.32 Å². The highest BCUT2D eigenvalue weighted by atomic mass is 14.9. The van der Waals surface area contributed by atoms with E-state index < -0.39 is 0 Å². The number of benzene rings is 3. The van der Waals surface area contributed by atoms with Crippen LogP contribution in [0.3, 0.4) is 0 Å². The van der Waals surface area contributed by atoms with Crippen LogP contribution in [0.15, 0.2) is 109 Å². The Morgan fingerprint density at radius 1 is 0.939 bits per heavy atom. The third-order valence-electron chi connectivity index (χ3n) is 6.84. The van der Waals surface area contributed by atoms with Crippen molar-refractivity contribution in [2.75, 3.05) is 13.1 Å². The first-order chi connectivity index (χ1) is 16.0. The van der Waals surface area contributed by atoms with Gasteiger partial charge in [0.15, 0.2) is 0 Å². The molecule has 0 spiro atoms. The zero-order chi connectivity index (χ0) is 23.7. The van der Waals surface area contributed by atoms with Crippen molar-refractivity contribution in [2.24, 2.45) is 5.92 Å². The maximum atomic E-state index is 8.55. The van der Waals surface area contributed by atoms with E-state index in [2.05, 4.69) is 118 Å². The molecule has 0 amide bonds. The molecule has 2 heteroatoms. The van der Waals surface area contributed by atoms with Crippen molar-refractivity contribution >= 4 is 5.71 Å². The van der Waals surface area contributed by atoms with Gasteiger partial charge in [0.2, 0.25) is 0 Å². The van der Waals surface area contributed by atoms with E-state index in [4.69, 9.17) is 5.41 Å². The summed E-state index contributed by atoms with van der Waals surface area (Å²) in [5.41, 5.74) is 6.63. The first-order valence-corrected chi connectivity index (χ1v) is 11.7. The number of allylic oxidation sites excluding steroid dienone is 3. The molecular weight excluding hydrogens is 400 g/mol. The molecule has 2 atom stereocenters. The maximum Gasteiger partial charge on any atom is 0.0398 e. The zero-order valence-corrected chi connectivity index (χ0v) is 20.1. The summed E-state index contributed by atoms with van der Waals surface area (Å²) >= 11 is 0. The van der Waals surface area contributed by atoms with Crippen LogP contribution in [-0.4, -0.2) is 18.8 Å². The Bertz CT molecular complexity index is 1060. The van der Waals surface area contributed by atoms with Gasteiger partial charge in [0.05, 0.1) is 0 Å². The summed E-state index contributed by atoms with van der Waals surface area (Å²) in [4.78, 5) is 0. The molecule has 3 rings (SSSR count). The lowest BCUT2D eigenvalue weighted by atomic mass is 9.69. The Morgan fingerprint density at radius 3 is 2.12 bits per heavy atom. The highest BCUT2D eigenvalue weighted by Gasteiger charge is 2.33. The molecule has 0 saturated carbocycles. The molecule has 3 aromatic rings. The SMILES string of the molecule is C=C/C=C(/C)[C@@H](C)[C@](C)(CNCCC(=N)c1ccc(-c2ccccc2)cc1)c1ccccc1. The van der Waals surface area contributed by atoms with E-state index in [9.17, 15) is 0 Å². The summed E-state index contributed by atoms with van der Waals surface area (Å²) in [6, 6.07) is 29.4. The summed E-state index contributed by atoms with van der Waals surface area (Å²) in [6.45, 7) is 12.3. The van der Waals surface area contributed by atoms with Gasteiger partial charge in [0.25, 0.3) is 0 Å². The summed E-state index contributed by atoms with van der Waals surface area (Å²) in [5, 5.41) is 12.2. The molecule has 0 aliphatic carbocycles. The molecule has 2 N–H and O–H groups in total. The molecule has 0 heterocycles. The maximum absolute atomic E-state index is 8.55. The van der Waals surface area contributed by atoms with Crippen molar-refractivity contribution in [3.63, 3.8) is 0 Å². The first-order valence-electron chi connectivity index (χ1n) is 11.7. The first kappa shape index (κ1) is 24.4. The Kier molecular flexibility index (Phi) is 8.57. The van der Waals surface area contributed by atoms with Gasteiger partial charge in [-0.3, -0.25) is 0 Å². The number of nitrogens with one attached hydrogen (secondary N) is 2. The normalized spacial score (nSPS) is 14.3. The fraction of sp³-hybridized carbons (Fsp3) is 0.258. The van der Waals surface area contributed by atoms with E-state index in [0.29, 0.717) is 18.1 Å². The third kappa shape index (κ3) is 6.18. The van der Waals surface area contributed by atoms with Crippen molar-refractivity contribution in [2.45, 2.75) is 32.6 Å². The van der Waals surface area contributed by atoms with E-state index in [1.54, 1.807) is 0 Å². The van der Waals surface area contributed by atoms with Crippen LogP contribution in [0.2, 0.25) is 0 Å². The van der Waals surface area contributed by atoms with E-state index in [0.717, 1.165) is 18.7 Å². The quantitative estimate of drug-likeness (QED) is 0.183. The lowest BCUT2D eigenvalue weighted by Crippen LogP contribution is -2.42. The van der Waals surface area contributed by atoms with Gasteiger partial charge in [-0.2, -0.15) is 0 Å². The Balaban J connectivity index is 1.62. The molecule has 0 radical (unpaired) electrons. The monoisotopic (exact) mass is 436 g/mol. The van der Waals surface area contributed by atoms with Gasteiger partial charge < -0.3 is 10.7 Å². The minimum Gasteiger partial charge on any atom is -0.315 e. The van der Waals surface area contributed by atoms with Gasteiger partial charge in [0, 0.05) is 30.6 Å². The average Bonchev–Trinajstić information content (AvgIpc) is 2.87. The van der Waals surface area contributed by atoms with Crippen molar-refractivity contribution in [3.05, 3.63) is 120 Å². The van der Waals surface area contributed by atoms with E-state index >= 15 is 0 Å². The van der Waals surface area contributed by atoms with Crippen molar-refractivity contribution < 1.29 is 0 Å². The number of hydrogen-bond acceptors (Lipinski definition) is 2. The fourth-order valence-corrected chi connectivity index (χ4v) is 4.36. The smallest absolute Gasteiger partial charge is 0.0398 e. The second kappa shape index (κ2) is 11.6. The minimum atomic E-state index is -0.0512. The Morgan fingerprint density at radius 2 is 1.52 bits per heavy atom. The molecule has 0 aliphatic heterocycles. The van der Waals surface area contributed by atoms with Crippen LogP contribution >= 0.6 is 0 Å².